The first-order valence-corrected chi connectivity index (χ1v) is 23.5. The summed E-state index contributed by atoms with van der Waals surface area (Å²) < 4.78 is 11.6. The van der Waals surface area contributed by atoms with Crippen molar-refractivity contribution < 1.29 is 33.8 Å². The summed E-state index contributed by atoms with van der Waals surface area (Å²) in [4.78, 5) is 56.8. The Balaban J connectivity index is 0.000000251. The molecule has 0 radical (unpaired) electrons. The number of carboxylic acid groups (broad SMARTS) is 1. The second-order valence-corrected chi connectivity index (χ2v) is 19.8. The minimum atomic E-state index is -0.969. The Hall–Kier alpha value is -6.36. The van der Waals surface area contributed by atoms with E-state index < -0.39 is 17.2 Å². The molecule has 0 saturated heterocycles. The van der Waals surface area contributed by atoms with E-state index in [1.165, 1.54) is 22.3 Å². The number of fused-ring (bicyclic) bond motifs is 2. The van der Waals surface area contributed by atoms with Crippen molar-refractivity contribution in [1.82, 2.24) is 9.80 Å². The maximum Gasteiger partial charge on any atom is 0.410 e. The van der Waals surface area contributed by atoms with Gasteiger partial charge in [-0.15, -0.1) is 0 Å². The van der Waals surface area contributed by atoms with Gasteiger partial charge in [0.05, 0.1) is 12.1 Å². The van der Waals surface area contributed by atoms with Gasteiger partial charge in [0.15, 0.2) is 5.78 Å². The molecule has 67 heavy (non-hydrogen) atoms. The Kier molecular flexibility index (Phi) is 17.6. The second-order valence-electron chi connectivity index (χ2n) is 19.8. The van der Waals surface area contributed by atoms with Crippen molar-refractivity contribution in [2.24, 2.45) is 0 Å². The van der Waals surface area contributed by atoms with Gasteiger partial charge in [-0.3, -0.25) is 4.79 Å². The van der Waals surface area contributed by atoms with Crippen LogP contribution in [-0.4, -0.2) is 91.3 Å². The summed E-state index contributed by atoms with van der Waals surface area (Å²) in [6, 6.07) is 29.0. The van der Waals surface area contributed by atoms with Crippen molar-refractivity contribution in [3.05, 3.63) is 142 Å². The lowest BCUT2D eigenvalue weighted by atomic mass is 10.0. The summed E-state index contributed by atoms with van der Waals surface area (Å²) >= 11 is 0. The number of carboxylic acids is 1. The zero-order valence-electron chi connectivity index (χ0n) is 41.6. The summed E-state index contributed by atoms with van der Waals surface area (Å²) in [5, 5.41) is 8.88. The molecule has 6 rings (SSSR count). The average molecular weight is 913 g/mol. The van der Waals surface area contributed by atoms with Gasteiger partial charge in [-0.2, -0.15) is 0 Å². The lowest BCUT2D eigenvalue weighted by molar-refractivity contribution is -0.131. The van der Waals surface area contributed by atoms with E-state index in [9.17, 15) is 19.2 Å². The summed E-state index contributed by atoms with van der Waals surface area (Å²) in [6.45, 7) is 14.4. The molecule has 11 heteroatoms. The lowest BCUT2D eigenvalue weighted by Crippen LogP contribution is -2.40. The molecular weight excluding hydrogens is 841 g/mol. The fraction of sp³-hybridized carbons (Fsp3) is 0.429. The van der Waals surface area contributed by atoms with Crippen LogP contribution in [0.1, 0.15) is 124 Å². The second kappa shape index (κ2) is 22.9. The first-order chi connectivity index (χ1) is 31.6. The fourth-order valence-corrected chi connectivity index (χ4v) is 8.37. The molecule has 2 aliphatic carbocycles. The molecule has 0 fully saturated rings. The number of anilines is 2. The number of rotatable bonds is 15. The van der Waals surface area contributed by atoms with Crippen LogP contribution in [0.5, 0.6) is 0 Å². The van der Waals surface area contributed by atoms with E-state index in [0.717, 1.165) is 78.2 Å². The minimum absolute atomic E-state index is 0.0128. The van der Waals surface area contributed by atoms with Gasteiger partial charge in [-0.05, 0) is 161 Å². The predicted octanol–water partition coefficient (Wildman–Crippen LogP) is 11.5. The normalized spacial score (nSPS) is 15.3. The van der Waals surface area contributed by atoms with E-state index in [0.29, 0.717) is 19.5 Å². The molecule has 0 aliphatic heterocycles. The van der Waals surface area contributed by atoms with Crippen molar-refractivity contribution in [3.63, 3.8) is 0 Å². The minimum Gasteiger partial charge on any atom is -0.478 e. The monoisotopic (exact) mass is 913 g/mol. The zero-order chi connectivity index (χ0) is 49.1. The van der Waals surface area contributed by atoms with Crippen LogP contribution in [0.2, 0.25) is 0 Å². The van der Waals surface area contributed by atoms with Crippen LogP contribution in [-0.2, 0) is 44.7 Å². The maximum absolute atomic E-state index is 13.2. The first kappa shape index (κ1) is 51.6. The largest absolute Gasteiger partial charge is 0.478 e. The van der Waals surface area contributed by atoms with Crippen molar-refractivity contribution >= 4 is 47.5 Å². The van der Waals surface area contributed by atoms with Crippen LogP contribution in [0, 0.1) is 0 Å². The topological polar surface area (TPSA) is 120 Å². The molecule has 358 valence electrons. The molecule has 11 nitrogen and oxygen atoms in total. The van der Waals surface area contributed by atoms with Crippen LogP contribution < -0.4 is 9.80 Å². The third kappa shape index (κ3) is 15.3. The van der Waals surface area contributed by atoms with Gasteiger partial charge in [0, 0.05) is 65.2 Å². The number of amides is 2. The average Bonchev–Trinajstić information content (AvgIpc) is 3.88. The summed E-state index contributed by atoms with van der Waals surface area (Å²) in [5.41, 5.74) is 10.1. The van der Waals surface area contributed by atoms with Crippen LogP contribution in [0.3, 0.4) is 0 Å². The molecule has 2 aliphatic rings. The number of allylic oxidation sites excluding steroid dienone is 1. The van der Waals surface area contributed by atoms with Gasteiger partial charge in [-0.25, -0.2) is 14.4 Å². The van der Waals surface area contributed by atoms with Crippen LogP contribution in [0.25, 0.3) is 12.2 Å². The molecule has 0 spiro atoms. The number of benzene rings is 4. The number of ketones is 1. The van der Waals surface area contributed by atoms with E-state index in [1.54, 1.807) is 12.2 Å². The number of nitrogens with zero attached hydrogens (tertiary/aromatic N) is 4. The third-order valence-corrected chi connectivity index (χ3v) is 11.9. The quantitative estimate of drug-likeness (QED) is 0.116. The Labute approximate surface area is 399 Å². The Morgan fingerprint density at radius 2 is 0.985 bits per heavy atom. The van der Waals surface area contributed by atoms with Crippen molar-refractivity contribution in [2.45, 2.75) is 117 Å². The predicted molar refractivity (Wildman–Crippen MR) is 271 cm³/mol. The maximum atomic E-state index is 13.2. The van der Waals surface area contributed by atoms with E-state index in [-0.39, 0.29) is 30.1 Å². The molecule has 0 aromatic heterocycles. The van der Waals surface area contributed by atoms with E-state index >= 15 is 0 Å². The Morgan fingerprint density at radius 1 is 0.597 bits per heavy atom. The molecular formula is C56H72N4O7. The zero-order valence-corrected chi connectivity index (χ0v) is 41.6. The molecule has 0 heterocycles. The number of aryl methyl sites for hydroxylation is 2. The number of carbonyl (C=O) groups is 4. The molecule has 1 N–H and O–H groups in total. The van der Waals surface area contributed by atoms with E-state index in [1.807, 2.05) is 117 Å². The highest BCUT2D eigenvalue weighted by Crippen LogP contribution is 2.39. The highest BCUT2D eigenvalue weighted by Gasteiger charge is 2.35. The van der Waals surface area contributed by atoms with Crippen LogP contribution >= 0.6 is 0 Å². The SMILES string of the molecule is CCC(=O)/C=C/c1ccc2c(c1)CCC2N(CCc1ccc(N(C)C)cc1)C(=O)OC(C)(C)C.CN(C)c1ccc(CCN(C(=O)OC(C)(C)C)C2CCc3cc(/C=C/C(=O)O)ccc32)cc1. The van der Waals surface area contributed by atoms with Crippen molar-refractivity contribution in [3.8, 4) is 0 Å². The molecule has 2 unspecified atom stereocenters. The van der Waals surface area contributed by atoms with Gasteiger partial charge in [-0.1, -0.05) is 73.7 Å². The fourth-order valence-electron chi connectivity index (χ4n) is 8.37. The molecule has 0 bridgehead atoms. The van der Waals surface area contributed by atoms with E-state index in [2.05, 4.69) is 70.5 Å². The number of carbonyl (C=O) groups excluding carboxylic acids is 3. The smallest absolute Gasteiger partial charge is 0.410 e. The van der Waals surface area contributed by atoms with Crippen LogP contribution in [0.15, 0.2) is 97.1 Å². The van der Waals surface area contributed by atoms with E-state index in [4.69, 9.17) is 14.6 Å². The van der Waals surface area contributed by atoms with Gasteiger partial charge in [0.2, 0.25) is 0 Å². The summed E-state index contributed by atoms with van der Waals surface area (Å²) in [7, 11) is 8.08. The standard InChI is InChI=1S/C29H38N2O3.C27H34N2O4/c1-7-25(32)15-10-22-11-16-26-23(20-22)12-17-27(26)31(28(33)34-29(2,3)4)19-18-21-8-13-24(14-9-21)30(5)6;1-27(2,3)33-26(32)29(17-16-19-6-11-22(12-7-19)28(4)5)24-14-10-21-18-20(8-13-23(21)24)9-15-25(30)31/h8-11,13-16,20,27H,7,12,17-19H2,1-6H3;6-9,11-13,15,18,24H,10,14,16-17H2,1-5H3,(H,30,31)/b15-10+;15-9+. The van der Waals surface area contributed by atoms with Crippen molar-refractivity contribution in [1.29, 1.82) is 0 Å². The van der Waals surface area contributed by atoms with Gasteiger partial charge < -0.3 is 34.2 Å². The highest BCUT2D eigenvalue weighted by atomic mass is 16.6. The van der Waals surface area contributed by atoms with Gasteiger partial charge in [0.25, 0.3) is 0 Å². The molecule has 4 aromatic rings. The summed E-state index contributed by atoms with van der Waals surface area (Å²) in [6.07, 6.45) is 11.1. The highest BCUT2D eigenvalue weighted by molar-refractivity contribution is 5.93. The number of ether oxygens (including phenoxy) is 2. The van der Waals surface area contributed by atoms with Gasteiger partial charge >= 0.3 is 18.2 Å². The Bertz CT molecular complexity index is 2390. The number of aliphatic carboxylic acids is 1. The molecule has 4 aromatic carbocycles. The molecule has 2 atom stereocenters. The number of hydrogen-bond acceptors (Lipinski definition) is 8. The van der Waals surface area contributed by atoms with Crippen molar-refractivity contribution in [2.75, 3.05) is 51.1 Å². The Morgan fingerprint density at radius 3 is 1.33 bits per heavy atom. The summed E-state index contributed by atoms with van der Waals surface area (Å²) in [5.74, 6) is -0.851. The lowest BCUT2D eigenvalue weighted by Gasteiger charge is -2.32. The van der Waals surface area contributed by atoms with Crippen LogP contribution in [0.4, 0.5) is 21.0 Å². The first-order valence-electron chi connectivity index (χ1n) is 23.5. The molecule has 2 amide bonds. The number of hydrogen-bond donors (Lipinski definition) is 1. The molecule has 0 saturated carbocycles. The van der Waals surface area contributed by atoms with Gasteiger partial charge in [0.1, 0.15) is 11.2 Å². The third-order valence-electron chi connectivity index (χ3n) is 11.9.